The molecule has 0 radical (unpaired) electrons. The molecule has 1 N–H and O–H groups in total. The molecule has 2 aromatic carbocycles. The number of hydrogen-bond donors (Lipinski definition) is 1. The molecule has 140 valence electrons. The molecule has 3 rings (SSSR count). The summed E-state index contributed by atoms with van der Waals surface area (Å²) < 4.78 is 12.8. The van der Waals surface area contributed by atoms with Crippen molar-refractivity contribution in [1.29, 1.82) is 0 Å². The second-order valence-corrected chi connectivity index (χ2v) is 6.26. The molecule has 0 aliphatic rings. The zero-order valence-electron chi connectivity index (χ0n) is 16.2. The molecule has 0 aliphatic heterocycles. The van der Waals surface area contributed by atoms with Gasteiger partial charge in [0.1, 0.15) is 11.5 Å². The van der Waals surface area contributed by atoms with Gasteiger partial charge in [0.05, 0.1) is 27.0 Å². The molecule has 3 aromatic rings. The molecule has 27 heavy (non-hydrogen) atoms. The summed E-state index contributed by atoms with van der Waals surface area (Å²) in [5.41, 5.74) is 8.65. The van der Waals surface area contributed by atoms with Gasteiger partial charge in [0.25, 0.3) is 0 Å². The van der Waals surface area contributed by atoms with Crippen LogP contribution in [-0.2, 0) is 6.54 Å². The molecule has 0 aliphatic carbocycles. The fourth-order valence-corrected chi connectivity index (χ4v) is 3.14. The lowest BCUT2D eigenvalue weighted by Crippen LogP contribution is -2.07. The standard InChI is InChI=1S/C22H25N3O2/c1-16-13-19(15-24-23-14-18-7-5-6-8-22(18)27-4)17(2)25(16)20-9-11-21(26-3)12-10-20/h5-13,15,23H,14H2,1-4H3/b24-15+. The zero-order chi connectivity index (χ0) is 19.2. The van der Waals surface area contributed by atoms with Crippen LogP contribution in [0.4, 0.5) is 0 Å². The SMILES string of the molecule is COc1ccc(-n2c(C)cc(/C=N/NCc3ccccc3OC)c2C)cc1. The van der Waals surface area contributed by atoms with E-state index in [1.165, 1.54) is 0 Å². The van der Waals surface area contributed by atoms with Gasteiger partial charge in [-0.3, -0.25) is 0 Å². The molecule has 0 fully saturated rings. The molecule has 0 atom stereocenters. The average Bonchev–Trinajstić information content (AvgIpc) is 2.99. The van der Waals surface area contributed by atoms with E-state index >= 15 is 0 Å². The summed E-state index contributed by atoms with van der Waals surface area (Å²) in [5.74, 6) is 1.71. The van der Waals surface area contributed by atoms with Crippen LogP contribution in [0, 0.1) is 13.8 Å². The highest BCUT2D eigenvalue weighted by atomic mass is 16.5. The predicted molar refractivity (Wildman–Crippen MR) is 109 cm³/mol. The number of ether oxygens (including phenoxy) is 2. The Bertz CT molecular complexity index is 927. The Kier molecular flexibility index (Phi) is 5.81. The Morgan fingerprint density at radius 2 is 1.74 bits per heavy atom. The second-order valence-electron chi connectivity index (χ2n) is 6.26. The number of methoxy groups -OCH3 is 2. The summed E-state index contributed by atoms with van der Waals surface area (Å²) in [4.78, 5) is 0. The highest BCUT2D eigenvalue weighted by molar-refractivity contribution is 5.82. The first-order valence-corrected chi connectivity index (χ1v) is 8.85. The van der Waals surface area contributed by atoms with E-state index in [9.17, 15) is 0 Å². The van der Waals surface area contributed by atoms with Crippen LogP contribution in [0.15, 0.2) is 59.7 Å². The van der Waals surface area contributed by atoms with Gasteiger partial charge in [-0.15, -0.1) is 0 Å². The second kappa shape index (κ2) is 8.45. The van der Waals surface area contributed by atoms with E-state index in [4.69, 9.17) is 9.47 Å². The number of rotatable bonds is 7. The summed E-state index contributed by atoms with van der Waals surface area (Å²) in [6.07, 6.45) is 1.86. The molecule has 0 spiro atoms. The summed E-state index contributed by atoms with van der Waals surface area (Å²) in [5, 5.41) is 4.38. The van der Waals surface area contributed by atoms with E-state index in [-0.39, 0.29) is 0 Å². The lowest BCUT2D eigenvalue weighted by Gasteiger charge is -2.10. The van der Waals surface area contributed by atoms with Crippen molar-refractivity contribution in [3.63, 3.8) is 0 Å². The van der Waals surface area contributed by atoms with Crippen LogP contribution in [0.5, 0.6) is 11.5 Å². The Morgan fingerprint density at radius 1 is 1.00 bits per heavy atom. The first-order chi connectivity index (χ1) is 13.1. The van der Waals surface area contributed by atoms with Crippen LogP contribution < -0.4 is 14.9 Å². The number of aryl methyl sites for hydroxylation is 1. The van der Waals surface area contributed by atoms with Gasteiger partial charge in [0, 0.05) is 28.2 Å². The highest BCUT2D eigenvalue weighted by Gasteiger charge is 2.09. The van der Waals surface area contributed by atoms with Crippen LogP contribution in [-0.4, -0.2) is 25.0 Å². The van der Waals surface area contributed by atoms with Crippen LogP contribution in [0.1, 0.15) is 22.5 Å². The van der Waals surface area contributed by atoms with Gasteiger partial charge < -0.3 is 19.5 Å². The minimum absolute atomic E-state index is 0.609. The molecular weight excluding hydrogens is 338 g/mol. The van der Waals surface area contributed by atoms with Crippen molar-refractivity contribution >= 4 is 6.21 Å². The molecule has 5 nitrogen and oxygen atoms in total. The topological polar surface area (TPSA) is 47.8 Å². The van der Waals surface area contributed by atoms with Gasteiger partial charge in [-0.25, -0.2) is 0 Å². The summed E-state index contributed by atoms with van der Waals surface area (Å²) >= 11 is 0. The molecule has 0 saturated carbocycles. The van der Waals surface area contributed by atoms with Gasteiger partial charge in [-0.2, -0.15) is 5.10 Å². The number of benzene rings is 2. The smallest absolute Gasteiger partial charge is 0.123 e. The molecule has 0 unspecified atom stereocenters. The van der Waals surface area contributed by atoms with Crippen molar-refractivity contribution in [2.24, 2.45) is 5.10 Å². The third-order valence-corrected chi connectivity index (χ3v) is 4.56. The first-order valence-electron chi connectivity index (χ1n) is 8.85. The van der Waals surface area contributed by atoms with Crippen molar-refractivity contribution in [1.82, 2.24) is 9.99 Å². The Balaban J connectivity index is 1.73. The van der Waals surface area contributed by atoms with Crippen LogP contribution >= 0.6 is 0 Å². The maximum atomic E-state index is 5.36. The highest BCUT2D eigenvalue weighted by Crippen LogP contribution is 2.22. The van der Waals surface area contributed by atoms with Gasteiger partial charge in [-0.1, -0.05) is 18.2 Å². The fourth-order valence-electron chi connectivity index (χ4n) is 3.14. The summed E-state index contributed by atoms with van der Waals surface area (Å²) in [7, 11) is 3.35. The summed E-state index contributed by atoms with van der Waals surface area (Å²) in [6, 6.07) is 18.1. The predicted octanol–water partition coefficient (Wildman–Crippen LogP) is 4.24. The molecule has 1 heterocycles. The Morgan fingerprint density at radius 3 is 2.44 bits per heavy atom. The number of para-hydroxylation sites is 1. The van der Waals surface area contributed by atoms with Crippen LogP contribution in [0.25, 0.3) is 5.69 Å². The van der Waals surface area contributed by atoms with E-state index in [0.717, 1.165) is 39.7 Å². The monoisotopic (exact) mass is 363 g/mol. The van der Waals surface area contributed by atoms with Gasteiger partial charge in [0.15, 0.2) is 0 Å². The molecular formula is C22H25N3O2. The Labute approximate surface area is 160 Å². The van der Waals surface area contributed by atoms with E-state index in [0.29, 0.717) is 6.54 Å². The average molecular weight is 363 g/mol. The van der Waals surface area contributed by atoms with Crippen molar-refractivity contribution < 1.29 is 9.47 Å². The van der Waals surface area contributed by atoms with Crippen molar-refractivity contribution in [3.05, 3.63) is 77.1 Å². The van der Waals surface area contributed by atoms with Crippen molar-refractivity contribution in [3.8, 4) is 17.2 Å². The molecule has 0 saturated heterocycles. The number of hydrogen-bond acceptors (Lipinski definition) is 4. The maximum absolute atomic E-state index is 5.36. The molecule has 1 aromatic heterocycles. The number of aromatic nitrogens is 1. The van der Waals surface area contributed by atoms with E-state index in [2.05, 4.69) is 47.1 Å². The van der Waals surface area contributed by atoms with Gasteiger partial charge >= 0.3 is 0 Å². The summed E-state index contributed by atoms with van der Waals surface area (Å²) in [6.45, 7) is 4.80. The largest absolute Gasteiger partial charge is 0.497 e. The van der Waals surface area contributed by atoms with Gasteiger partial charge in [0.2, 0.25) is 0 Å². The zero-order valence-corrected chi connectivity index (χ0v) is 16.2. The van der Waals surface area contributed by atoms with Crippen LogP contribution in [0.2, 0.25) is 0 Å². The molecule has 0 amide bonds. The van der Waals surface area contributed by atoms with Gasteiger partial charge in [-0.05, 0) is 50.2 Å². The number of nitrogens with one attached hydrogen (secondary N) is 1. The lowest BCUT2D eigenvalue weighted by atomic mass is 10.2. The first kappa shape index (κ1) is 18.6. The van der Waals surface area contributed by atoms with Crippen LogP contribution in [0.3, 0.4) is 0 Å². The normalized spacial score (nSPS) is 11.0. The quantitative estimate of drug-likeness (QED) is 0.505. The van der Waals surface area contributed by atoms with E-state index in [1.807, 2.05) is 42.6 Å². The maximum Gasteiger partial charge on any atom is 0.123 e. The van der Waals surface area contributed by atoms with E-state index in [1.54, 1.807) is 14.2 Å². The fraction of sp³-hybridized carbons (Fsp3) is 0.227. The van der Waals surface area contributed by atoms with Crippen molar-refractivity contribution in [2.75, 3.05) is 14.2 Å². The molecule has 0 bridgehead atoms. The number of hydrazone groups is 1. The third kappa shape index (κ3) is 4.14. The number of nitrogens with zero attached hydrogens (tertiary/aromatic N) is 2. The Hall–Kier alpha value is -3.21. The molecule has 5 heteroatoms. The minimum Gasteiger partial charge on any atom is -0.497 e. The van der Waals surface area contributed by atoms with Crippen molar-refractivity contribution in [2.45, 2.75) is 20.4 Å². The third-order valence-electron chi connectivity index (χ3n) is 4.56. The lowest BCUT2D eigenvalue weighted by molar-refractivity contribution is 0.408. The van der Waals surface area contributed by atoms with E-state index < -0.39 is 0 Å². The minimum atomic E-state index is 0.609.